The Morgan fingerprint density at radius 1 is 0.774 bits per heavy atom. The van der Waals surface area contributed by atoms with Gasteiger partial charge >= 0.3 is 0 Å². The molecule has 3 aromatic rings. The minimum absolute atomic E-state index is 0.792. The molecule has 0 aliphatic carbocycles. The van der Waals surface area contributed by atoms with Crippen molar-refractivity contribution in [1.82, 2.24) is 24.8 Å². The molecule has 0 saturated carbocycles. The Morgan fingerprint density at radius 2 is 1.48 bits per heavy atom. The van der Waals surface area contributed by atoms with Gasteiger partial charge in [0.1, 0.15) is 0 Å². The highest BCUT2D eigenvalue weighted by atomic mass is 15.3. The summed E-state index contributed by atoms with van der Waals surface area (Å²) in [5, 5.41) is 0. The first kappa shape index (κ1) is 19.9. The van der Waals surface area contributed by atoms with Crippen LogP contribution in [0.1, 0.15) is 24.1 Å². The summed E-state index contributed by atoms with van der Waals surface area (Å²) in [4.78, 5) is 25.8. The maximum atomic E-state index is 4.87. The first-order valence-corrected chi connectivity index (χ1v) is 11.2. The molecule has 0 bridgehead atoms. The first-order valence-electron chi connectivity index (χ1n) is 11.2. The predicted molar refractivity (Wildman–Crippen MR) is 123 cm³/mol. The average molecular weight is 416 g/mol. The van der Waals surface area contributed by atoms with Gasteiger partial charge in [-0.3, -0.25) is 4.90 Å². The average Bonchev–Trinajstić information content (AvgIpc) is 3.35. The molecule has 0 atom stereocenters. The van der Waals surface area contributed by atoms with Gasteiger partial charge in [0.2, 0.25) is 11.9 Å². The second-order valence-electron chi connectivity index (χ2n) is 8.35. The van der Waals surface area contributed by atoms with Gasteiger partial charge in [-0.15, -0.1) is 0 Å². The third-order valence-electron chi connectivity index (χ3n) is 6.18. The van der Waals surface area contributed by atoms with E-state index in [4.69, 9.17) is 9.97 Å². The lowest BCUT2D eigenvalue weighted by molar-refractivity contribution is 0.248. The summed E-state index contributed by atoms with van der Waals surface area (Å²) in [6.07, 6.45) is 6.21. The number of hydrogen-bond donors (Lipinski definition) is 0. The number of benzene rings is 1. The van der Waals surface area contributed by atoms with E-state index in [9.17, 15) is 0 Å². The molecule has 0 amide bonds. The topological polar surface area (TPSA) is 61.3 Å². The highest BCUT2D eigenvalue weighted by Crippen LogP contribution is 2.24. The van der Waals surface area contributed by atoms with Gasteiger partial charge in [0.15, 0.2) is 0 Å². The van der Waals surface area contributed by atoms with E-state index in [1.165, 1.54) is 18.4 Å². The Balaban J connectivity index is 1.26. The molecule has 0 unspecified atom stereocenters. The summed E-state index contributed by atoms with van der Waals surface area (Å²) >= 11 is 0. The summed E-state index contributed by atoms with van der Waals surface area (Å²) in [6.45, 7) is 9.01. The van der Waals surface area contributed by atoms with Gasteiger partial charge in [-0.1, -0.05) is 30.3 Å². The Bertz CT molecular complexity index is 1010. The molecule has 4 heterocycles. The van der Waals surface area contributed by atoms with Gasteiger partial charge in [0, 0.05) is 63.8 Å². The quantitative estimate of drug-likeness (QED) is 0.634. The fourth-order valence-electron chi connectivity index (χ4n) is 4.37. The van der Waals surface area contributed by atoms with Crippen LogP contribution in [0.25, 0.3) is 11.3 Å². The van der Waals surface area contributed by atoms with Crippen molar-refractivity contribution in [1.29, 1.82) is 0 Å². The summed E-state index contributed by atoms with van der Waals surface area (Å²) in [6, 6.07) is 12.6. The van der Waals surface area contributed by atoms with Crippen molar-refractivity contribution in [2.24, 2.45) is 0 Å². The van der Waals surface area contributed by atoms with E-state index in [2.05, 4.69) is 55.0 Å². The minimum Gasteiger partial charge on any atom is -0.341 e. The van der Waals surface area contributed by atoms with Crippen LogP contribution in [0.5, 0.6) is 0 Å². The molecule has 2 saturated heterocycles. The van der Waals surface area contributed by atoms with Crippen molar-refractivity contribution in [2.45, 2.75) is 26.3 Å². The standard InChI is InChI=1S/C24H29N7/c1-19-21(17-26-24(27-19)30-11-5-6-12-30)22-9-10-25-23(28-22)31-15-13-29(14-16-31)18-20-7-3-2-4-8-20/h2-4,7-10,17H,5-6,11-16,18H2,1H3. The summed E-state index contributed by atoms with van der Waals surface area (Å²) in [7, 11) is 0. The van der Waals surface area contributed by atoms with Crippen LogP contribution in [0.15, 0.2) is 48.8 Å². The van der Waals surface area contributed by atoms with Gasteiger partial charge in [0.25, 0.3) is 0 Å². The fraction of sp³-hybridized carbons (Fsp3) is 0.417. The lowest BCUT2D eigenvalue weighted by atomic mass is 10.2. The molecule has 2 aliphatic rings. The summed E-state index contributed by atoms with van der Waals surface area (Å²) in [5.41, 5.74) is 4.20. The minimum atomic E-state index is 0.792. The van der Waals surface area contributed by atoms with E-state index in [0.717, 1.165) is 74.7 Å². The Morgan fingerprint density at radius 3 is 2.23 bits per heavy atom. The second kappa shape index (κ2) is 8.98. The molecular weight excluding hydrogens is 386 g/mol. The zero-order valence-electron chi connectivity index (χ0n) is 18.1. The highest BCUT2D eigenvalue weighted by molar-refractivity contribution is 5.62. The Hall–Kier alpha value is -3.06. The highest BCUT2D eigenvalue weighted by Gasteiger charge is 2.20. The van der Waals surface area contributed by atoms with Crippen LogP contribution >= 0.6 is 0 Å². The summed E-state index contributed by atoms with van der Waals surface area (Å²) in [5.74, 6) is 1.63. The third-order valence-corrected chi connectivity index (χ3v) is 6.18. The van der Waals surface area contributed by atoms with Crippen molar-refractivity contribution in [3.8, 4) is 11.3 Å². The number of anilines is 2. The van der Waals surface area contributed by atoms with Crippen molar-refractivity contribution in [2.75, 3.05) is 49.1 Å². The summed E-state index contributed by atoms with van der Waals surface area (Å²) < 4.78 is 0. The van der Waals surface area contributed by atoms with Crippen LogP contribution in [-0.4, -0.2) is 64.1 Å². The van der Waals surface area contributed by atoms with Crippen LogP contribution < -0.4 is 9.80 Å². The monoisotopic (exact) mass is 415 g/mol. The van der Waals surface area contributed by atoms with Crippen LogP contribution in [0, 0.1) is 6.92 Å². The Kier molecular flexibility index (Phi) is 5.76. The first-order chi connectivity index (χ1) is 15.3. The molecule has 2 aliphatic heterocycles. The zero-order valence-corrected chi connectivity index (χ0v) is 18.1. The smallest absolute Gasteiger partial charge is 0.225 e. The van der Waals surface area contributed by atoms with Gasteiger partial charge in [-0.05, 0) is 31.4 Å². The van der Waals surface area contributed by atoms with E-state index in [-0.39, 0.29) is 0 Å². The largest absolute Gasteiger partial charge is 0.341 e. The van der Waals surface area contributed by atoms with Gasteiger partial charge in [-0.25, -0.2) is 19.9 Å². The maximum Gasteiger partial charge on any atom is 0.225 e. The van der Waals surface area contributed by atoms with Gasteiger partial charge in [0.05, 0.1) is 11.4 Å². The fourth-order valence-corrected chi connectivity index (χ4v) is 4.37. The van der Waals surface area contributed by atoms with Crippen LogP contribution in [0.3, 0.4) is 0 Å². The molecule has 7 heteroatoms. The molecule has 31 heavy (non-hydrogen) atoms. The van der Waals surface area contributed by atoms with E-state index in [1.54, 1.807) is 0 Å². The predicted octanol–water partition coefficient (Wildman–Crippen LogP) is 3.16. The molecule has 0 spiro atoms. The van der Waals surface area contributed by atoms with E-state index in [0.29, 0.717) is 0 Å². The van der Waals surface area contributed by atoms with Crippen molar-refractivity contribution >= 4 is 11.9 Å². The molecule has 7 nitrogen and oxygen atoms in total. The number of hydrogen-bond acceptors (Lipinski definition) is 7. The number of aromatic nitrogens is 4. The van der Waals surface area contributed by atoms with Crippen molar-refractivity contribution in [3.63, 3.8) is 0 Å². The molecule has 5 rings (SSSR count). The van der Waals surface area contributed by atoms with E-state index < -0.39 is 0 Å². The third kappa shape index (κ3) is 4.51. The van der Waals surface area contributed by atoms with Crippen LogP contribution in [0.4, 0.5) is 11.9 Å². The lowest BCUT2D eigenvalue weighted by Crippen LogP contribution is -2.46. The number of nitrogens with zero attached hydrogens (tertiary/aromatic N) is 7. The SMILES string of the molecule is Cc1nc(N2CCCC2)ncc1-c1ccnc(N2CCN(Cc3ccccc3)CC2)n1. The van der Waals surface area contributed by atoms with Crippen molar-refractivity contribution < 1.29 is 0 Å². The number of piperazine rings is 1. The zero-order chi connectivity index (χ0) is 21.0. The lowest BCUT2D eigenvalue weighted by Gasteiger charge is -2.34. The second-order valence-corrected chi connectivity index (χ2v) is 8.35. The van der Waals surface area contributed by atoms with Crippen LogP contribution in [-0.2, 0) is 6.54 Å². The molecular formula is C24H29N7. The van der Waals surface area contributed by atoms with E-state index in [1.807, 2.05) is 25.4 Å². The normalized spacial score (nSPS) is 17.3. The number of rotatable bonds is 5. The maximum absolute atomic E-state index is 4.87. The molecule has 2 fully saturated rings. The molecule has 160 valence electrons. The number of aryl methyl sites for hydroxylation is 1. The van der Waals surface area contributed by atoms with Crippen molar-refractivity contribution in [3.05, 3.63) is 60.0 Å². The van der Waals surface area contributed by atoms with Crippen LogP contribution in [0.2, 0.25) is 0 Å². The molecule has 0 radical (unpaired) electrons. The van der Waals surface area contributed by atoms with Gasteiger partial charge in [-0.2, -0.15) is 0 Å². The Labute approximate surface area is 183 Å². The molecule has 0 N–H and O–H groups in total. The molecule has 2 aromatic heterocycles. The van der Waals surface area contributed by atoms with Gasteiger partial charge < -0.3 is 9.80 Å². The molecule has 1 aromatic carbocycles. The van der Waals surface area contributed by atoms with E-state index >= 15 is 0 Å².